The molecule has 2 heterocycles. The van der Waals surface area contributed by atoms with E-state index in [1.54, 1.807) is 7.11 Å². The number of nitrogens with zero attached hydrogens (tertiary/aromatic N) is 4. The van der Waals surface area contributed by atoms with Crippen molar-refractivity contribution < 1.29 is 14.1 Å². The highest BCUT2D eigenvalue weighted by atomic mass is 16.5. The molecule has 0 saturated carbocycles. The Morgan fingerprint density at radius 2 is 1.89 bits per heavy atom. The molecular formula is C20H28N4O3. The zero-order valence-electron chi connectivity index (χ0n) is 16.2. The van der Waals surface area contributed by atoms with E-state index in [9.17, 15) is 4.79 Å². The summed E-state index contributed by atoms with van der Waals surface area (Å²) in [5.74, 6) is 2.26. The van der Waals surface area contributed by atoms with Crippen molar-refractivity contribution in [1.82, 2.24) is 19.9 Å². The third-order valence-electron chi connectivity index (χ3n) is 4.89. The Hall–Kier alpha value is -2.41. The van der Waals surface area contributed by atoms with E-state index in [0.29, 0.717) is 24.7 Å². The standard InChI is InChI=1S/C20H28N4O3/c1-3-4-5-6-19(25)24-13-11-23(12-14-24)15-18-21-20(27-22-18)16-7-9-17(26-2)10-8-16/h7-10H,3-6,11-15H2,1-2H3. The quantitative estimate of drug-likeness (QED) is 0.664. The number of hydrogen-bond donors (Lipinski definition) is 0. The van der Waals surface area contributed by atoms with Crippen LogP contribution in [0.1, 0.15) is 38.4 Å². The normalized spacial score (nSPS) is 15.1. The largest absolute Gasteiger partial charge is 0.497 e. The maximum Gasteiger partial charge on any atom is 0.257 e. The lowest BCUT2D eigenvalue weighted by atomic mass is 10.2. The van der Waals surface area contributed by atoms with Gasteiger partial charge in [-0.2, -0.15) is 4.98 Å². The van der Waals surface area contributed by atoms with Crippen LogP contribution in [0.2, 0.25) is 0 Å². The van der Waals surface area contributed by atoms with Crippen molar-refractivity contribution in [2.24, 2.45) is 0 Å². The summed E-state index contributed by atoms with van der Waals surface area (Å²) in [4.78, 5) is 20.9. The summed E-state index contributed by atoms with van der Waals surface area (Å²) in [6.45, 7) is 6.01. The van der Waals surface area contributed by atoms with Gasteiger partial charge in [-0.15, -0.1) is 0 Å². The van der Waals surface area contributed by atoms with Gasteiger partial charge in [-0.25, -0.2) is 0 Å². The number of carbonyl (C=O) groups excluding carboxylic acids is 1. The van der Waals surface area contributed by atoms with Crippen LogP contribution in [-0.4, -0.2) is 59.1 Å². The van der Waals surface area contributed by atoms with Gasteiger partial charge in [0.05, 0.1) is 13.7 Å². The average molecular weight is 372 g/mol. The number of ether oxygens (including phenoxy) is 1. The summed E-state index contributed by atoms with van der Waals surface area (Å²) < 4.78 is 10.5. The molecule has 0 aliphatic carbocycles. The SMILES string of the molecule is CCCCCC(=O)N1CCN(Cc2noc(-c3ccc(OC)cc3)n2)CC1. The van der Waals surface area contributed by atoms with E-state index in [2.05, 4.69) is 22.0 Å². The van der Waals surface area contributed by atoms with Crippen LogP contribution in [-0.2, 0) is 11.3 Å². The smallest absolute Gasteiger partial charge is 0.257 e. The fourth-order valence-corrected chi connectivity index (χ4v) is 3.21. The molecule has 1 aromatic carbocycles. The molecule has 0 N–H and O–H groups in total. The molecular weight excluding hydrogens is 344 g/mol. The first kappa shape index (κ1) is 19.4. The van der Waals surface area contributed by atoms with Gasteiger partial charge >= 0.3 is 0 Å². The summed E-state index contributed by atoms with van der Waals surface area (Å²) in [5.41, 5.74) is 0.872. The van der Waals surface area contributed by atoms with Gasteiger partial charge in [0, 0.05) is 38.2 Å². The molecule has 7 nitrogen and oxygen atoms in total. The van der Waals surface area contributed by atoms with Gasteiger partial charge in [-0.1, -0.05) is 24.9 Å². The van der Waals surface area contributed by atoms with Crippen LogP contribution >= 0.6 is 0 Å². The molecule has 1 aliphatic rings. The van der Waals surface area contributed by atoms with Gasteiger partial charge in [-0.3, -0.25) is 9.69 Å². The highest BCUT2D eigenvalue weighted by Gasteiger charge is 2.22. The topological polar surface area (TPSA) is 71.7 Å². The number of carbonyl (C=O) groups is 1. The van der Waals surface area contributed by atoms with Crippen LogP contribution in [0.5, 0.6) is 5.75 Å². The molecule has 0 atom stereocenters. The number of piperazine rings is 1. The number of hydrogen-bond acceptors (Lipinski definition) is 6. The highest BCUT2D eigenvalue weighted by molar-refractivity contribution is 5.76. The van der Waals surface area contributed by atoms with E-state index >= 15 is 0 Å². The second-order valence-corrected chi connectivity index (χ2v) is 6.86. The summed E-state index contributed by atoms with van der Waals surface area (Å²) in [7, 11) is 1.64. The minimum atomic E-state index is 0.282. The minimum absolute atomic E-state index is 0.282. The van der Waals surface area contributed by atoms with Gasteiger partial charge in [0.15, 0.2) is 5.82 Å². The first-order valence-corrected chi connectivity index (χ1v) is 9.66. The summed E-state index contributed by atoms with van der Waals surface area (Å²) in [6.07, 6.45) is 3.93. The number of benzene rings is 1. The Morgan fingerprint density at radius 1 is 1.15 bits per heavy atom. The average Bonchev–Trinajstić information content (AvgIpc) is 3.17. The van der Waals surface area contributed by atoms with E-state index in [1.165, 1.54) is 0 Å². The van der Waals surface area contributed by atoms with Crippen LogP contribution < -0.4 is 4.74 Å². The minimum Gasteiger partial charge on any atom is -0.497 e. The molecule has 0 spiro atoms. The predicted octanol–water partition coefficient (Wildman–Crippen LogP) is 2.97. The molecule has 1 saturated heterocycles. The molecule has 3 rings (SSSR count). The van der Waals surface area contributed by atoms with Crippen molar-refractivity contribution in [3.05, 3.63) is 30.1 Å². The zero-order chi connectivity index (χ0) is 19.1. The molecule has 27 heavy (non-hydrogen) atoms. The van der Waals surface area contributed by atoms with Crippen molar-refractivity contribution in [1.29, 1.82) is 0 Å². The van der Waals surface area contributed by atoms with Crippen LogP contribution in [0.3, 0.4) is 0 Å². The Balaban J connectivity index is 1.48. The van der Waals surface area contributed by atoms with E-state index in [4.69, 9.17) is 9.26 Å². The van der Waals surface area contributed by atoms with Gasteiger partial charge in [0.2, 0.25) is 5.91 Å². The molecule has 2 aromatic rings. The molecule has 1 fully saturated rings. The predicted molar refractivity (Wildman–Crippen MR) is 102 cm³/mol. The van der Waals surface area contributed by atoms with Crippen molar-refractivity contribution >= 4 is 5.91 Å². The lowest BCUT2D eigenvalue weighted by Gasteiger charge is -2.34. The van der Waals surface area contributed by atoms with Gasteiger partial charge in [0.25, 0.3) is 5.89 Å². The Morgan fingerprint density at radius 3 is 2.56 bits per heavy atom. The molecule has 1 aliphatic heterocycles. The number of methoxy groups -OCH3 is 1. The zero-order valence-corrected chi connectivity index (χ0v) is 16.2. The summed E-state index contributed by atoms with van der Waals surface area (Å²) >= 11 is 0. The van der Waals surface area contributed by atoms with E-state index in [0.717, 1.165) is 56.8 Å². The molecule has 146 valence electrons. The third kappa shape index (κ3) is 5.29. The van der Waals surface area contributed by atoms with Crippen LogP contribution in [0.25, 0.3) is 11.5 Å². The fraction of sp³-hybridized carbons (Fsp3) is 0.550. The molecule has 1 aromatic heterocycles. The first-order chi connectivity index (χ1) is 13.2. The van der Waals surface area contributed by atoms with Crippen molar-refractivity contribution in [2.45, 2.75) is 39.2 Å². The van der Waals surface area contributed by atoms with E-state index in [-0.39, 0.29) is 5.91 Å². The molecule has 0 bridgehead atoms. The van der Waals surface area contributed by atoms with E-state index < -0.39 is 0 Å². The number of unbranched alkanes of at least 4 members (excludes halogenated alkanes) is 2. The summed E-state index contributed by atoms with van der Waals surface area (Å²) in [6, 6.07) is 7.55. The second-order valence-electron chi connectivity index (χ2n) is 6.86. The molecule has 1 amide bonds. The van der Waals surface area contributed by atoms with Crippen molar-refractivity contribution in [2.75, 3.05) is 33.3 Å². The maximum absolute atomic E-state index is 12.2. The molecule has 0 radical (unpaired) electrons. The van der Waals surface area contributed by atoms with E-state index in [1.807, 2.05) is 29.2 Å². The van der Waals surface area contributed by atoms with Gasteiger partial charge in [-0.05, 0) is 30.7 Å². The first-order valence-electron chi connectivity index (χ1n) is 9.66. The number of aromatic nitrogens is 2. The second kappa shape index (κ2) is 9.50. The van der Waals surface area contributed by atoms with Crippen molar-refractivity contribution in [3.8, 4) is 17.2 Å². The van der Waals surface area contributed by atoms with Gasteiger partial charge < -0.3 is 14.2 Å². The Labute approximate surface area is 160 Å². The maximum atomic E-state index is 12.2. The highest BCUT2D eigenvalue weighted by Crippen LogP contribution is 2.21. The lowest BCUT2D eigenvalue weighted by molar-refractivity contribution is -0.133. The lowest BCUT2D eigenvalue weighted by Crippen LogP contribution is -2.48. The van der Waals surface area contributed by atoms with Crippen LogP contribution in [0, 0.1) is 0 Å². The van der Waals surface area contributed by atoms with Crippen LogP contribution in [0.15, 0.2) is 28.8 Å². The van der Waals surface area contributed by atoms with Crippen molar-refractivity contribution in [3.63, 3.8) is 0 Å². The molecule has 0 unspecified atom stereocenters. The van der Waals surface area contributed by atoms with Crippen LogP contribution in [0.4, 0.5) is 0 Å². The monoisotopic (exact) mass is 372 g/mol. The summed E-state index contributed by atoms with van der Waals surface area (Å²) in [5, 5.41) is 4.09. The molecule has 7 heteroatoms. The number of amides is 1. The third-order valence-corrected chi connectivity index (χ3v) is 4.89. The van der Waals surface area contributed by atoms with Gasteiger partial charge in [0.1, 0.15) is 5.75 Å². The Kier molecular flexibility index (Phi) is 6.81. The fourth-order valence-electron chi connectivity index (χ4n) is 3.21. The Bertz CT molecular complexity index is 721. The number of rotatable bonds is 8.